The molecule has 0 aliphatic heterocycles. The van der Waals surface area contributed by atoms with Crippen molar-refractivity contribution in [2.24, 2.45) is 16.8 Å². The highest BCUT2D eigenvalue weighted by Crippen LogP contribution is 2.32. The number of hydrogen-bond acceptors (Lipinski definition) is 2. The van der Waals surface area contributed by atoms with Crippen LogP contribution in [-0.4, -0.2) is 37.6 Å². The van der Waals surface area contributed by atoms with Crippen LogP contribution in [0.5, 0.6) is 0 Å². The van der Waals surface area contributed by atoms with Crippen molar-refractivity contribution in [3.05, 3.63) is 120 Å². The second kappa shape index (κ2) is 17.2. The molecule has 6 heteroatoms. The van der Waals surface area contributed by atoms with E-state index in [1.54, 1.807) is 23.4 Å². The summed E-state index contributed by atoms with van der Waals surface area (Å²) in [6.45, 7) is 22.7. The summed E-state index contributed by atoms with van der Waals surface area (Å²) < 4.78 is 40.5. The van der Waals surface area contributed by atoms with Crippen LogP contribution in [0, 0.1) is 11.8 Å². The molecule has 1 aliphatic rings. The molecule has 0 spiro atoms. The molecule has 0 heterocycles. The largest absolute Gasteiger partial charge is 0.416 e. The van der Waals surface area contributed by atoms with Crippen molar-refractivity contribution in [1.29, 1.82) is 0 Å². The Morgan fingerprint density at radius 1 is 1.18 bits per heavy atom. The molecule has 2 atom stereocenters. The quantitative estimate of drug-likeness (QED) is 0.124. The predicted octanol–water partition coefficient (Wildman–Crippen LogP) is 9.18. The van der Waals surface area contributed by atoms with Gasteiger partial charge in [0.15, 0.2) is 0 Å². The molecule has 0 aromatic heterocycles. The number of allylic oxidation sites excluding steroid dienone is 13. The lowest BCUT2D eigenvalue weighted by molar-refractivity contribution is -0.0882. The fraction of sp³-hybridized carbons (Fsp3) is 0.382. The Morgan fingerprint density at radius 3 is 2.45 bits per heavy atom. The van der Waals surface area contributed by atoms with Crippen molar-refractivity contribution in [3.63, 3.8) is 0 Å². The molecule has 0 radical (unpaired) electrons. The van der Waals surface area contributed by atoms with E-state index in [4.69, 9.17) is 0 Å². The maximum absolute atomic E-state index is 13.5. The molecule has 218 valence electrons. The maximum atomic E-state index is 13.5. The van der Waals surface area contributed by atoms with Gasteiger partial charge in [-0.25, -0.2) is 0 Å². The number of nitrogens with zero attached hydrogens (tertiary/aromatic N) is 2. The molecule has 40 heavy (non-hydrogen) atoms. The first-order valence-electron chi connectivity index (χ1n) is 13.6. The summed E-state index contributed by atoms with van der Waals surface area (Å²) in [6.07, 6.45) is 16.9. The molecule has 0 saturated carbocycles. The van der Waals surface area contributed by atoms with Crippen LogP contribution >= 0.6 is 0 Å². The lowest BCUT2D eigenvalue weighted by atomic mass is 9.82. The maximum Gasteiger partial charge on any atom is 0.416 e. The van der Waals surface area contributed by atoms with E-state index in [1.807, 2.05) is 26.1 Å². The van der Waals surface area contributed by atoms with E-state index in [9.17, 15) is 13.2 Å². The number of likely N-dealkylation sites (N-methyl/N-ethyl adjacent to an activating group) is 1. The van der Waals surface area contributed by atoms with E-state index >= 15 is 0 Å². The van der Waals surface area contributed by atoms with Crippen molar-refractivity contribution < 1.29 is 13.2 Å². The fourth-order valence-electron chi connectivity index (χ4n) is 4.15. The zero-order chi connectivity index (χ0) is 30.3. The summed E-state index contributed by atoms with van der Waals surface area (Å²) in [4.78, 5) is 5.97. The van der Waals surface area contributed by atoms with Gasteiger partial charge in [-0.05, 0) is 81.2 Å². The lowest BCUT2D eigenvalue weighted by Crippen LogP contribution is -2.21. The Morgan fingerprint density at radius 2 is 1.88 bits per heavy atom. The number of alkyl halides is 3. The predicted molar refractivity (Wildman–Crippen MR) is 167 cm³/mol. The summed E-state index contributed by atoms with van der Waals surface area (Å²) >= 11 is 0. The normalized spacial score (nSPS) is 18.9. The Kier molecular flexibility index (Phi) is 14.8. The summed E-state index contributed by atoms with van der Waals surface area (Å²) in [7, 11) is 1.81. The Bertz CT molecular complexity index is 1130. The first-order valence-corrected chi connectivity index (χ1v) is 13.6. The number of halogens is 3. The molecule has 1 rings (SSSR count). The Balaban J connectivity index is 3.24. The molecule has 0 amide bonds. The molecular formula is C34H46F3N3. The van der Waals surface area contributed by atoms with Crippen LogP contribution in [0.3, 0.4) is 0 Å². The number of aliphatic imine (C=N–C) groups is 1. The summed E-state index contributed by atoms with van der Waals surface area (Å²) in [5, 5.41) is 3.12. The van der Waals surface area contributed by atoms with Gasteiger partial charge in [-0.3, -0.25) is 4.99 Å². The van der Waals surface area contributed by atoms with Crippen LogP contribution in [0.4, 0.5) is 13.2 Å². The number of hydrogen-bond donors (Lipinski definition) is 1. The number of nitrogens with one attached hydrogen (secondary N) is 1. The van der Waals surface area contributed by atoms with Crippen LogP contribution in [0.25, 0.3) is 0 Å². The third-order valence-corrected chi connectivity index (χ3v) is 6.40. The molecule has 0 fully saturated rings. The van der Waals surface area contributed by atoms with E-state index in [0.29, 0.717) is 24.7 Å². The van der Waals surface area contributed by atoms with Gasteiger partial charge < -0.3 is 10.2 Å². The topological polar surface area (TPSA) is 27.6 Å². The van der Waals surface area contributed by atoms with Gasteiger partial charge in [-0.1, -0.05) is 80.8 Å². The van der Waals surface area contributed by atoms with Crippen molar-refractivity contribution in [3.8, 4) is 0 Å². The fourth-order valence-corrected chi connectivity index (χ4v) is 4.15. The van der Waals surface area contributed by atoms with Gasteiger partial charge in [0, 0.05) is 31.5 Å². The van der Waals surface area contributed by atoms with Crippen LogP contribution in [0.2, 0.25) is 0 Å². The highest BCUT2D eigenvalue weighted by molar-refractivity contribution is 5.54. The van der Waals surface area contributed by atoms with Crippen LogP contribution < -0.4 is 5.32 Å². The second-order valence-electron chi connectivity index (χ2n) is 10.2. The van der Waals surface area contributed by atoms with Crippen LogP contribution in [0.1, 0.15) is 47.5 Å². The van der Waals surface area contributed by atoms with Gasteiger partial charge >= 0.3 is 6.18 Å². The van der Waals surface area contributed by atoms with E-state index in [0.717, 1.165) is 30.6 Å². The summed E-state index contributed by atoms with van der Waals surface area (Å²) in [5.74, 6) is 0.576. The smallest absolute Gasteiger partial charge is 0.362 e. The zero-order valence-corrected chi connectivity index (χ0v) is 25.0. The van der Waals surface area contributed by atoms with E-state index in [1.165, 1.54) is 16.7 Å². The summed E-state index contributed by atoms with van der Waals surface area (Å²) in [6, 6.07) is 0. The van der Waals surface area contributed by atoms with Gasteiger partial charge in [0.2, 0.25) is 0 Å². The van der Waals surface area contributed by atoms with Gasteiger partial charge in [0.1, 0.15) is 0 Å². The average molecular weight is 554 g/mol. The molecule has 0 bridgehead atoms. The van der Waals surface area contributed by atoms with Crippen molar-refractivity contribution in [2.75, 3.05) is 20.1 Å². The molecule has 0 aromatic carbocycles. The third-order valence-electron chi connectivity index (χ3n) is 6.40. The minimum Gasteiger partial charge on any atom is -0.362 e. The minimum atomic E-state index is -4.52. The molecule has 2 unspecified atom stereocenters. The molecule has 1 aliphatic carbocycles. The average Bonchev–Trinajstić information content (AvgIpc) is 2.88. The second-order valence-corrected chi connectivity index (χ2v) is 10.2. The van der Waals surface area contributed by atoms with Gasteiger partial charge in [-0.2, -0.15) is 13.2 Å². The lowest BCUT2D eigenvalue weighted by Gasteiger charge is -2.25. The van der Waals surface area contributed by atoms with Crippen molar-refractivity contribution in [1.82, 2.24) is 10.2 Å². The SMILES string of the molecule is C=C/C=C\C(CCC1C=C(C(=C)NC(=C/CN(C)/C=N\CC)/C=C(\C=C)C(F)(F)F)C=CC1C)=C(/C)C=C(C)C. The molecule has 0 aromatic rings. The van der Waals surface area contributed by atoms with Crippen LogP contribution in [-0.2, 0) is 0 Å². The van der Waals surface area contributed by atoms with Gasteiger partial charge in [-0.15, -0.1) is 0 Å². The third kappa shape index (κ3) is 12.5. The first-order chi connectivity index (χ1) is 18.8. The van der Waals surface area contributed by atoms with Crippen molar-refractivity contribution in [2.45, 2.75) is 53.6 Å². The van der Waals surface area contributed by atoms with Crippen molar-refractivity contribution >= 4 is 6.34 Å². The van der Waals surface area contributed by atoms with E-state index in [-0.39, 0.29) is 11.6 Å². The monoisotopic (exact) mass is 553 g/mol. The highest BCUT2D eigenvalue weighted by atomic mass is 19.4. The molecule has 3 nitrogen and oxygen atoms in total. The Hall–Kier alpha value is -3.54. The zero-order valence-electron chi connectivity index (χ0n) is 25.0. The van der Waals surface area contributed by atoms with E-state index in [2.05, 4.69) is 82.0 Å². The van der Waals surface area contributed by atoms with Gasteiger partial charge in [0.05, 0.1) is 11.9 Å². The summed E-state index contributed by atoms with van der Waals surface area (Å²) in [5.41, 5.74) is 4.58. The van der Waals surface area contributed by atoms with Crippen LogP contribution in [0.15, 0.2) is 125 Å². The molecular weight excluding hydrogens is 507 g/mol. The standard InChI is InChI=1S/C34H46F3N3/c1-10-13-14-29(27(7)21-25(4)5)17-18-30-22-31(16-15-26(30)6)28(8)39-33(19-20-40(9)24-38-12-3)23-32(11-2)34(35,36)37/h10-11,13-16,19,21-24,26,30,39H,1-2,8,12,17-18,20H2,3-7,9H3/b14-13-,29-27-,32-23+,33-19+,38-24-. The van der Waals surface area contributed by atoms with E-state index < -0.39 is 11.7 Å². The highest BCUT2D eigenvalue weighted by Gasteiger charge is 2.31. The molecule has 0 saturated heterocycles. The Labute approximate surface area is 240 Å². The number of rotatable bonds is 15. The first kappa shape index (κ1) is 34.5. The van der Waals surface area contributed by atoms with Gasteiger partial charge in [0.25, 0.3) is 0 Å². The molecule has 1 N–H and O–H groups in total. The minimum absolute atomic E-state index is 0.253.